The van der Waals surface area contributed by atoms with Crippen molar-refractivity contribution < 1.29 is 20.1 Å². The molecule has 3 rings (SSSR count). The number of hydrogen-bond acceptors (Lipinski definition) is 2. The van der Waals surface area contributed by atoms with Crippen LogP contribution in [0.25, 0.3) is 16.8 Å². The average molecular weight is 513 g/mol. The fourth-order valence-electron chi connectivity index (χ4n) is 2.87. The maximum absolute atomic E-state index is 4.31. The predicted octanol–water partition coefficient (Wildman–Crippen LogP) is 3.89. The molecule has 0 amide bonds. The second-order valence-corrected chi connectivity index (χ2v) is 12.1. The Morgan fingerprint density at radius 1 is 1.08 bits per heavy atom. The summed E-state index contributed by atoms with van der Waals surface area (Å²) in [5.74, 6) is 0. The van der Waals surface area contributed by atoms with Crippen LogP contribution in [0.15, 0.2) is 43.0 Å². The third kappa shape index (κ3) is 3.58. The molecule has 0 aliphatic rings. The monoisotopic (exact) mass is 513 g/mol. The maximum Gasteiger partial charge on any atom is 0.138 e. The van der Waals surface area contributed by atoms with Crippen molar-refractivity contribution in [3.8, 4) is 16.8 Å². The van der Waals surface area contributed by atoms with Crippen LogP contribution in [0.5, 0.6) is 0 Å². The molecule has 3 aromatic rings. The molecule has 5 heteroatoms. The SMILES string of the molecule is Cc1cccc(C)c1-c1cc([Si](C)(C)C)c[c-]c1-n1cncn1.[Ir]. The molecule has 2 aromatic carbocycles. The minimum Gasteiger partial charge on any atom is -0.245 e. The Kier molecular flexibility index (Phi) is 5.58. The van der Waals surface area contributed by atoms with Crippen LogP contribution in [-0.4, -0.2) is 22.8 Å². The number of aryl methyl sites for hydroxylation is 2. The summed E-state index contributed by atoms with van der Waals surface area (Å²) < 4.78 is 1.80. The van der Waals surface area contributed by atoms with Crippen LogP contribution < -0.4 is 5.19 Å². The van der Waals surface area contributed by atoms with Gasteiger partial charge in [-0.1, -0.05) is 54.5 Å². The molecule has 0 saturated carbocycles. The average Bonchev–Trinajstić information content (AvgIpc) is 3.00. The van der Waals surface area contributed by atoms with E-state index in [1.807, 2.05) is 0 Å². The molecule has 0 aliphatic heterocycles. The van der Waals surface area contributed by atoms with Gasteiger partial charge in [-0.2, -0.15) is 28.5 Å². The molecular weight excluding hydrogens is 491 g/mol. The molecule has 1 radical (unpaired) electrons. The Morgan fingerprint density at radius 2 is 1.75 bits per heavy atom. The molecule has 0 N–H and O–H groups in total. The molecule has 0 saturated heterocycles. The maximum atomic E-state index is 4.31. The van der Waals surface area contributed by atoms with Crippen LogP contribution in [-0.2, 0) is 20.1 Å². The summed E-state index contributed by atoms with van der Waals surface area (Å²) in [7, 11) is -1.42. The fraction of sp³-hybridized carbons (Fsp3) is 0.263. The minimum absolute atomic E-state index is 0. The van der Waals surface area contributed by atoms with Gasteiger partial charge >= 0.3 is 0 Å². The Morgan fingerprint density at radius 3 is 2.29 bits per heavy atom. The molecule has 0 unspecified atom stereocenters. The summed E-state index contributed by atoms with van der Waals surface area (Å²) in [5.41, 5.74) is 5.96. The summed E-state index contributed by atoms with van der Waals surface area (Å²) in [4.78, 5) is 4.09. The zero-order valence-corrected chi connectivity index (χ0v) is 18.1. The van der Waals surface area contributed by atoms with E-state index in [0.29, 0.717) is 0 Å². The van der Waals surface area contributed by atoms with Gasteiger partial charge in [0.1, 0.15) is 12.7 Å². The summed E-state index contributed by atoms with van der Waals surface area (Å²) in [6.07, 6.45) is 3.30. The van der Waals surface area contributed by atoms with Gasteiger partial charge in [-0.3, -0.25) is 0 Å². The molecule has 0 atom stereocenters. The van der Waals surface area contributed by atoms with Crippen molar-refractivity contribution in [1.29, 1.82) is 0 Å². The molecule has 1 aromatic heterocycles. The van der Waals surface area contributed by atoms with E-state index in [2.05, 4.69) is 80.0 Å². The number of benzene rings is 2. The topological polar surface area (TPSA) is 30.7 Å². The fourth-order valence-corrected chi connectivity index (χ4v) is 3.95. The van der Waals surface area contributed by atoms with Crippen LogP contribution in [0.1, 0.15) is 11.1 Å². The Bertz CT molecular complexity index is 816. The first-order valence-electron chi connectivity index (χ1n) is 7.86. The molecule has 0 bridgehead atoms. The molecule has 1 heterocycles. The molecule has 0 aliphatic carbocycles. The van der Waals surface area contributed by atoms with E-state index in [1.54, 1.807) is 17.3 Å². The van der Waals surface area contributed by atoms with Gasteiger partial charge in [0.15, 0.2) is 0 Å². The van der Waals surface area contributed by atoms with E-state index in [0.717, 1.165) is 5.69 Å². The van der Waals surface area contributed by atoms with Crippen LogP contribution in [0.4, 0.5) is 0 Å². The standard InChI is InChI=1S/C19H22N3Si.Ir/c1-14-7-6-8-15(2)19(14)17-11-16(23(3,4)5)9-10-18(17)22-13-20-12-21-22;/h6-9,11-13H,1-5H3;/q-1;. The van der Waals surface area contributed by atoms with Crippen LogP contribution >= 0.6 is 0 Å². The number of rotatable bonds is 3. The van der Waals surface area contributed by atoms with Crippen LogP contribution in [0, 0.1) is 19.9 Å². The van der Waals surface area contributed by atoms with Crippen molar-refractivity contribution in [3.05, 3.63) is 60.2 Å². The van der Waals surface area contributed by atoms with Gasteiger partial charge in [-0.15, -0.1) is 5.56 Å². The van der Waals surface area contributed by atoms with Gasteiger partial charge in [-0.25, -0.2) is 9.67 Å². The van der Waals surface area contributed by atoms with Gasteiger partial charge in [-0.05, 0) is 19.5 Å². The normalized spacial score (nSPS) is 11.2. The van der Waals surface area contributed by atoms with Crippen molar-refractivity contribution in [1.82, 2.24) is 14.8 Å². The summed E-state index contributed by atoms with van der Waals surface area (Å²) in [5, 5.41) is 5.71. The Labute approximate surface area is 158 Å². The van der Waals surface area contributed by atoms with E-state index >= 15 is 0 Å². The summed E-state index contributed by atoms with van der Waals surface area (Å²) >= 11 is 0. The van der Waals surface area contributed by atoms with Gasteiger partial charge in [0.2, 0.25) is 0 Å². The number of hydrogen-bond donors (Lipinski definition) is 0. The quantitative estimate of drug-likeness (QED) is 0.394. The second kappa shape index (κ2) is 7.14. The number of aromatic nitrogens is 3. The molecule has 24 heavy (non-hydrogen) atoms. The van der Waals surface area contributed by atoms with E-state index in [-0.39, 0.29) is 20.1 Å². The zero-order valence-electron chi connectivity index (χ0n) is 14.7. The predicted molar refractivity (Wildman–Crippen MR) is 98.1 cm³/mol. The van der Waals surface area contributed by atoms with E-state index in [9.17, 15) is 0 Å². The van der Waals surface area contributed by atoms with Crippen LogP contribution in [0.2, 0.25) is 19.6 Å². The summed E-state index contributed by atoms with van der Waals surface area (Å²) in [6, 6.07) is 14.3. The van der Waals surface area contributed by atoms with Crippen molar-refractivity contribution in [2.45, 2.75) is 33.5 Å². The first-order valence-corrected chi connectivity index (χ1v) is 11.4. The minimum atomic E-state index is -1.42. The van der Waals surface area contributed by atoms with E-state index < -0.39 is 8.07 Å². The third-order valence-corrected chi connectivity index (χ3v) is 6.20. The number of nitrogens with zero attached hydrogens (tertiary/aromatic N) is 3. The molecule has 127 valence electrons. The third-order valence-electron chi connectivity index (χ3n) is 4.18. The largest absolute Gasteiger partial charge is 0.245 e. The van der Waals surface area contributed by atoms with E-state index in [1.165, 1.54) is 27.4 Å². The van der Waals surface area contributed by atoms with Crippen LogP contribution in [0.3, 0.4) is 0 Å². The first kappa shape index (κ1) is 18.8. The van der Waals surface area contributed by atoms with Gasteiger partial charge in [0, 0.05) is 28.2 Å². The second-order valence-electron chi connectivity index (χ2n) is 7.01. The van der Waals surface area contributed by atoms with Gasteiger partial charge in [0.05, 0.1) is 0 Å². The Balaban J connectivity index is 0.00000208. The molecule has 0 fully saturated rings. The first-order chi connectivity index (χ1) is 10.9. The zero-order chi connectivity index (χ0) is 16.6. The van der Waals surface area contributed by atoms with E-state index in [4.69, 9.17) is 0 Å². The summed E-state index contributed by atoms with van der Waals surface area (Å²) in [6.45, 7) is 11.4. The molecule has 0 spiro atoms. The Hall–Kier alpha value is -1.55. The molecular formula is C19H22IrN3Si-. The van der Waals surface area contributed by atoms with Crippen molar-refractivity contribution in [3.63, 3.8) is 0 Å². The van der Waals surface area contributed by atoms with Gasteiger partial charge < -0.3 is 0 Å². The van der Waals surface area contributed by atoms with Gasteiger partial charge in [0.25, 0.3) is 0 Å². The van der Waals surface area contributed by atoms with Crippen molar-refractivity contribution in [2.24, 2.45) is 0 Å². The molecule has 3 nitrogen and oxygen atoms in total. The van der Waals surface area contributed by atoms with Crippen molar-refractivity contribution in [2.75, 3.05) is 0 Å². The smallest absolute Gasteiger partial charge is 0.138 e. The van der Waals surface area contributed by atoms with Crippen molar-refractivity contribution >= 4 is 13.3 Å².